The van der Waals surface area contributed by atoms with Crippen LogP contribution in [0.5, 0.6) is 0 Å². The molecule has 0 aromatic carbocycles. The molecule has 1 saturated carbocycles. The number of aromatic nitrogens is 4. The lowest BCUT2D eigenvalue weighted by atomic mass is 10.1. The molecule has 0 radical (unpaired) electrons. The molecule has 0 spiro atoms. The molecule has 2 fully saturated rings. The van der Waals surface area contributed by atoms with Crippen LogP contribution in [0.15, 0.2) is 23.4 Å². The molecule has 2 aliphatic rings. The summed E-state index contributed by atoms with van der Waals surface area (Å²) < 4.78 is 111. The Bertz CT molecular complexity index is 1670. The third-order valence-electron chi connectivity index (χ3n) is 7.29. The van der Waals surface area contributed by atoms with E-state index in [-0.39, 0.29) is 40.2 Å². The van der Waals surface area contributed by atoms with Crippen LogP contribution in [0.25, 0.3) is 16.3 Å². The first kappa shape index (κ1) is 30.1. The van der Waals surface area contributed by atoms with Crippen molar-refractivity contribution < 1.29 is 34.4 Å². The van der Waals surface area contributed by atoms with E-state index in [9.17, 15) is 34.4 Å². The molecule has 1 saturated heterocycles. The van der Waals surface area contributed by atoms with E-state index in [1.165, 1.54) is 27.2 Å². The van der Waals surface area contributed by atoms with Gasteiger partial charge in [0.2, 0.25) is 25.1 Å². The monoisotopic (exact) mass is 639 g/mol. The zero-order valence-corrected chi connectivity index (χ0v) is 25.0. The lowest BCUT2D eigenvalue weighted by Gasteiger charge is -2.45. The number of alkyl halides is 4. The van der Waals surface area contributed by atoms with Gasteiger partial charge in [0.1, 0.15) is 11.6 Å². The van der Waals surface area contributed by atoms with Gasteiger partial charge in [-0.05, 0) is 46.6 Å². The van der Waals surface area contributed by atoms with E-state index < -0.39 is 60.8 Å². The molecule has 0 bridgehead atoms. The number of hydrogen-bond acceptors (Lipinski definition) is 9. The van der Waals surface area contributed by atoms with E-state index in [1.807, 2.05) is 4.90 Å². The van der Waals surface area contributed by atoms with Crippen LogP contribution in [0.3, 0.4) is 0 Å². The molecular weight excluding hydrogens is 610 g/mol. The molecule has 5 rings (SSSR count). The van der Waals surface area contributed by atoms with Crippen LogP contribution >= 0.6 is 11.3 Å². The van der Waals surface area contributed by atoms with Crippen molar-refractivity contribution in [2.24, 2.45) is 0 Å². The minimum atomic E-state index is -4.72. The number of anilines is 1. The Kier molecular flexibility index (Phi) is 7.41. The normalized spacial score (nSPS) is 22.1. The summed E-state index contributed by atoms with van der Waals surface area (Å²) in [7, 11) is -7.87. The van der Waals surface area contributed by atoms with Crippen LogP contribution < -0.4 is 9.62 Å². The predicted octanol–water partition coefficient (Wildman–Crippen LogP) is 3.29. The maximum Gasteiger partial charge on any atom is 0.445 e. The van der Waals surface area contributed by atoms with E-state index in [0.717, 1.165) is 0 Å². The topological polar surface area (TPSA) is 130 Å². The largest absolute Gasteiger partial charge is 0.445 e. The first-order valence-electron chi connectivity index (χ1n) is 12.8. The molecule has 226 valence electrons. The summed E-state index contributed by atoms with van der Waals surface area (Å²) in [4.78, 5) is 5.82. The number of imidazole rings is 1. The summed E-state index contributed by atoms with van der Waals surface area (Å²) in [6.45, 7) is 6.22. The Labute approximate surface area is 238 Å². The highest BCUT2D eigenvalue weighted by atomic mass is 32.2. The third kappa shape index (κ3) is 5.44. The second-order valence-corrected chi connectivity index (χ2v) is 15.9. The standard InChI is InChI=1S/C23H29F4N7O4S3/c1-13(2)41(37,38)34-14(3)9-32(10-15(34)4)17-7-16(40(35,36)31-22(12-24)5-6-22)11-33-18(17)8-28-19(33)20-29-30-21(39-20)23(25,26)27/h7-8,11,13-15,31H,5-6,9-10,12H2,1-4H3/t14-,15-/m0/s1. The van der Waals surface area contributed by atoms with Gasteiger partial charge >= 0.3 is 6.18 Å². The second-order valence-electron chi connectivity index (χ2n) is 10.9. The van der Waals surface area contributed by atoms with Gasteiger partial charge in [0.05, 0.1) is 28.2 Å². The Morgan fingerprint density at radius 2 is 1.76 bits per heavy atom. The zero-order valence-electron chi connectivity index (χ0n) is 22.6. The van der Waals surface area contributed by atoms with Crippen molar-refractivity contribution in [3.63, 3.8) is 0 Å². The average molecular weight is 640 g/mol. The highest BCUT2D eigenvalue weighted by Crippen LogP contribution is 2.39. The predicted molar refractivity (Wildman–Crippen MR) is 144 cm³/mol. The van der Waals surface area contributed by atoms with E-state index in [2.05, 4.69) is 19.9 Å². The van der Waals surface area contributed by atoms with Crippen molar-refractivity contribution in [3.05, 3.63) is 23.5 Å². The molecule has 0 amide bonds. The van der Waals surface area contributed by atoms with Crippen molar-refractivity contribution in [3.8, 4) is 10.8 Å². The molecule has 41 heavy (non-hydrogen) atoms. The molecule has 2 atom stereocenters. The Morgan fingerprint density at radius 3 is 2.27 bits per heavy atom. The van der Waals surface area contributed by atoms with Gasteiger partial charge in [-0.25, -0.2) is 30.9 Å². The number of nitrogens with zero attached hydrogens (tertiary/aromatic N) is 6. The van der Waals surface area contributed by atoms with Crippen LogP contribution in [0.2, 0.25) is 0 Å². The molecule has 1 aliphatic carbocycles. The number of nitrogens with one attached hydrogen (secondary N) is 1. The van der Waals surface area contributed by atoms with E-state index >= 15 is 0 Å². The summed E-state index contributed by atoms with van der Waals surface area (Å²) >= 11 is 0.265. The first-order chi connectivity index (χ1) is 19.0. The zero-order chi connectivity index (χ0) is 30.1. The number of fused-ring (bicyclic) bond motifs is 1. The van der Waals surface area contributed by atoms with Crippen molar-refractivity contribution in [2.45, 2.75) is 74.5 Å². The fraction of sp³-hybridized carbons (Fsp3) is 0.609. The van der Waals surface area contributed by atoms with E-state index in [0.29, 0.717) is 24.0 Å². The van der Waals surface area contributed by atoms with Gasteiger partial charge in [0.25, 0.3) is 0 Å². The Hall–Kier alpha value is -2.41. The molecule has 3 aromatic heterocycles. The number of hydrogen-bond donors (Lipinski definition) is 1. The minimum Gasteiger partial charge on any atom is -0.367 e. The number of sulfonamides is 2. The maximum atomic E-state index is 13.6. The minimum absolute atomic E-state index is 0.0555. The first-order valence-corrected chi connectivity index (χ1v) is 16.6. The quantitative estimate of drug-likeness (QED) is 0.372. The van der Waals surface area contributed by atoms with Crippen molar-refractivity contribution in [2.75, 3.05) is 24.7 Å². The number of rotatable bonds is 8. The fourth-order valence-electron chi connectivity index (χ4n) is 5.05. The van der Waals surface area contributed by atoms with Gasteiger partial charge < -0.3 is 4.90 Å². The average Bonchev–Trinajstić information content (AvgIpc) is 3.24. The van der Waals surface area contributed by atoms with Gasteiger partial charge in [0, 0.05) is 31.4 Å². The van der Waals surface area contributed by atoms with Crippen LogP contribution in [-0.2, 0) is 26.2 Å². The van der Waals surface area contributed by atoms with Crippen LogP contribution in [0.4, 0.5) is 23.2 Å². The molecular formula is C23H29F4N7O4S3. The molecule has 0 unspecified atom stereocenters. The fourth-order valence-corrected chi connectivity index (χ4v) is 8.83. The van der Waals surface area contributed by atoms with Crippen LogP contribution in [0, 0.1) is 0 Å². The SMILES string of the molecule is CC(C)S(=O)(=O)N1[C@@H](C)CN(c2cc(S(=O)(=O)NC3(CF)CC3)cn3c(-c4nnc(C(F)(F)F)s4)ncc23)C[C@@H]1C. The highest BCUT2D eigenvalue weighted by Gasteiger charge is 2.47. The molecule has 11 nitrogen and oxygen atoms in total. The summed E-state index contributed by atoms with van der Waals surface area (Å²) in [6.07, 6.45) is -1.46. The Balaban J connectivity index is 1.63. The van der Waals surface area contributed by atoms with Crippen LogP contribution in [0.1, 0.15) is 45.5 Å². The summed E-state index contributed by atoms with van der Waals surface area (Å²) in [6, 6.07) is 0.432. The van der Waals surface area contributed by atoms with Gasteiger partial charge in [-0.3, -0.25) is 4.40 Å². The highest BCUT2D eigenvalue weighted by molar-refractivity contribution is 7.90. The second kappa shape index (κ2) is 10.1. The molecule has 18 heteroatoms. The van der Waals surface area contributed by atoms with Crippen LogP contribution in [-0.4, -0.2) is 83.4 Å². The lowest BCUT2D eigenvalue weighted by molar-refractivity contribution is -0.138. The van der Waals surface area contributed by atoms with E-state index in [4.69, 9.17) is 0 Å². The molecule has 4 heterocycles. The molecule has 3 aromatic rings. The third-order valence-corrected chi connectivity index (χ3v) is 12.3. The van der Waals surface area contributed by atoms with Gasteiger partial charge in [-0.2, -0.15) is 17.5 Å². The number of pyridine rings is 1. The molecule has 1 aliphatic heterocycles. The molecule has 1 N–H and O–H groups in total. The van der Waals surface area contributed by atoms with Crippen molar-refractivity contribution in [1.29, 1.82) is 0 Å². The smallest absolute Gasteiger partial charge is 0.367 e. The summed E-state index contributed by atoms with van der Waals surface area (Å²) in [5, 5.41) is 4.85. The van der Waals surface area contributed by atoms with Gasteiger partial charge in [0.15, 0.2) is 10.8 Å². The number of piperazine rings is 1. The van der Waals surface area contributed by atoms with Gasteiger partial charge in [-0.1, -0.05) is 11.3 Å². The van der Waals surface area contributed by atoms with Crippen molar-refractivity contribution >= 4 is 42.6 Å². The maximum absolute atomic E-state index is 13.6. The van der Waals surface area contributed by atoms with Gasteiger partial charge in [-0.15, -0.1) is 10.2 Å². The number of halogens is 4. The van der Waals surface area contributed by atoms with E-state index in [1.54, 1.807) is 27.7 Å². The summed E-state index contributed by atoms with van der Waals surface area (Å²) in [5.74, 6) is -0.0555. The summed E-state index contributed by atoms with van der Waals surface area (Å²) in [5.41, 5.74) is -0.446. The Morgan fingerprint density at radius 1 is 1.12 bits per heavy atom. The lowest BCUT2D eigenvalue weighted by Crippen LogP contribution is -2.60. The van der Waals surface area contributed by atoms with Crippen molar-refractivity contribution in [1.82, 2.24) is 28.6 Å².